The van der Waals surface area contributed by atoms with Crippen molar-refractivity contribution in [2.24, 2.45) is 0 Å². The lowest BCUT2D eigenvalue weighted by Gasteiger charge is -2.19. The van der Waals surface area contributed by atoms with Crippen LogP contribution < -0.4 is 0 Å². The van der Waals surface area contributed by atoms with Crippen molar-refractivity contribution in [2.75, 3.05) is 27.7 Å². The van der Waals surface area contributed by atoms with Crippen molar-refractivity contribution < 1.29 is 13.2 Å². The van der Waals surface area contributed by atoms with Crippen molar-refractivity contribution in [2.45, 2.75) is 24.2 Å². The fourth-order valence-electron chi connectivity index (χ4n) is 2.31. The summed E-state index contributed by atoms with van der Waals surface area (Å²) >= 11 is 0. The second kappa shape index (κ2) is 5.54. The van der Waals surface area contributed by atoms with Crippen LogP contribution in [0, 0.1) is 0 Å². The summed E-state index contributed by atoms with van der Waals surface area (Å²) in [6.45, 7) is -0.146. The number of benzene rings is 1. The highest BCUT2D eigenvalue weighted by atomic mass is 32.2. The van der Waals surface area contributed by atoms with Gasteiger partial charge < -0.3 is 4.90 Å². The van der Waals surface area contributed by atoms with Gasteiger partial charge in [0.2, 0.25) is 15.9 Å². The van der Waals surface area contributed by atoms with Crippen LogP contribution in [0.2, 0.25) is 0 Å². The molecule has 1 aromatic carbocycles. The zero-order valence-corrected chi connectivity index (χ0v) is 12.9. The Hall–Kier alpha value is -1.40. The number of carbonyl (C=O) groups is 1. The van der Waals surface area contributed by atoms with E-state index in [1.54, 1.807) is 26.2 Å². The van der Waals surface area contributed by atoms with Crippen LogP contribution in [-0.2, 0) is 27.7 Å². The van der Waals surface area contributed by atoms with Crippen molar-refractivity contribution >= 4 is 15.9 Å². The Morgan fingerprint density at radius 3 is 2.45 bits per heavy atom. The smallest absolute Gasteiger partial charge is 0.243 e. The van der Waals surface area contributed by atoms with Crippen LogP contribution in [0.15, 0.2) is 23.1 Å². The second-order valence-electron chi connectivity index (χ2n) is 5.33. The predicted octanol–water partition coefficient (Wildman–Crippen LogP) is 0.884. The summed E-state index contributed by atoms with van der Waals surface area (Å²) in [4.78, 5) is 13.3. The number of likely N-dealkylation sites (N-methyl/N-ethyl adjacent to an activating group) is 2. The van der Waals surface area contributed by atoms with E-state index in [-0.39, 0.29) is 17.3 Å². The average Bonchev–Trinajstić information content (AvgIpc) is 2.85. The van der Waals surface area contributed by atoms with Crippen LogP contribution >= 0.6 is 0 Å². The number of sulfonamides is 1. The Kier molecular flexibility index (Phi) is 4.15. The average molecular weight is 296 g/mol. The lowest BCUT2D eigenvalue weighted by atomic mass is 10.1. The standard InChI is InChI=1S/C14H20N2O3S/c1-15(2)14(17)10-16(3)20(18,19)13-8-7-11-5-4-6-12(11)9-13/h7-9H,4-6,10H2,1-3H3. The van der Waals surface area contributed by atoms with E-state index in [1.807, 2.05) is 6.07 Å². The Morgan fingerprint density at radius 2 is 1.80 bits per heavy atom. The van der Waals surface area contributed by atoms with Crippen LogP contribution in [0.1, 0.15) is 17.5 Å². The third-order valence-electron chi connectivity index (χ3n) is 3.63. The largest absolute Gasteiger partial charge is 0.348 e. The van der Waals surface area contributed by atoms with E-state index >= 15 is 0 Å². The van der Waals surface area contributed by atoms with Gasteiger partial charge in [0.1, 0.15) is 0 Å². The van der Waals surface area contributed by atoms with E-state index in [4.69, 9.17) is 0 Å². The highest BCUT2D eigenvalue weighted by Gasteiger charge is 2.25. The topological polar surface area (TPSA) is 57.7 Å². The van der Waals surface area contributed by atoms with Crippen molar-refractivity contribution in [1.29, 1.82) is 0 Å². The van der Waals surface area contributed by atoms with E-state index in [2.05, 4.69) is 0 Å². The normalized spacial score (nSPS) is 14.4. The van der Waals surface area contributed by atoms with Gasteiger partial charge in [-0.2, -0.15) is 4.31 Å². The number of aryl methyl sites for hydroxylation is 2. The van der Waals surface area contributed by atoms with Crippen LogP contribution in [0.25, 0.3) is 0 Å². The number of hydrogen-bond acceptors (Lipinski definition) is 3. The minimum Gasteiger partial charge on any atom is -0.348 e. The monoisotopic (exact) mass is 296 g/mol. The first-order valence-corrected chi connectivity index (χ1v) is 8.04. The number of nitrogens with zero attached hydrogens (tertiary/aromatic N) is 2. The van der Waals surface area contributed by atoms with Crippen LogP contribution in [0.4, 0.5) is 0 Å². The predicted molar refractivity (Wildman–Crippen MR) is 77.0 cm³/mol. The minimum atomic E-state index is -3.60. The van der Waals surface area contributed by atoms with E-state index in [0.717, 1.165) is 29.1 Å². The molecule has 0 saturated carbocycles. The second-order valence-corrected chi connectivity index (χ2v) is 7.38. The van der Waals surface area contributed by atoms with Gasteiger partial charge in [-0.05, 0) is 42.5 Å². The fraction of sp³-hybridized carbons (Fsp3) is 0.500. The molecule has 1 aliphatic rings. The number of fused-ring (bicyclic) bond motifs is 1. The van der Waals surface area contributed by atoms with Gasteiger partial charge in [0.25, 0.3) is 0 Å². The molecule has 110 valence electrons. The summed E-state index contributed by atoms with van der Waals surface area (Å²) in [6.07, 6.45) is 3.03. The molecule has 2 rings (SSSR count). The highest BCUT2D eigenvalue weighted by Crippen LogP contribution is 2.25. The summed E-state index contributed by atoms with van der Waals surface area (Å²) in [5, 5.41) is 0. The summed E-state index contributed by atoms with van der Waals surface area (Å²) < 4.78 is 26.0. The molecule has 6 heteroatoms. The van der Waals surface area contributed by atoms with Crippen molar-refractivity contribution in [3.8, 4) is 0 Å². The maximum atomic E-state index is 12.4. The number of carbonyl (C=O) groups excluding carboxylic acids is 1. The Labute approximate surface area is 120 Å². The van der Waals surface area contributed by atoms with Crippen LogP contribution in [-0.4, -0.2) is 51.2 Å². The molecule has 0 radical (unpaired) electrons. The van der Waals surface area contributed by atoms with E-state index in [0.29, 0.717) is 0 Å². The lowest BCUT2D eigenvalue weighted by Crippen LogP contribution is -2.37. The Morgan fingerprint density at radius 1 is 1.15 bits per heavy atom. The zero-order valence-electron chi connectivity index (χ0n) is 12.1. The molecule has 0 unspecified atom stereocenters. The molecule has 0 atom stereocenters. The van der Waals surface area contributed by atoms with Gasteiger partial charge in [0.05, 0.1) is 11.4 Å². The molecule has 1 aliphatic carbocycles. The maximum absolute atomic E-state index is 12.4. The zero-order chi connectivity index (χ0) is 14.9. The van der Waals surface area contributed by atoms with E-state index in [9.17, 15) is 13.2 Å². The van der Waals surface area contributed by atoms with Gasteiger partial charge in [-0.15, -0.1) is 0 Å². The van der Waals surface area contributed by atoms with E-state index < -0.39 is 10.0 Å². The molecule has 0 bridgehead atoms. The summed E-state index contributed by atoms with van der Waals surface area (Å²) in [5.74, 6) is -0.239. The molecular formula is C14H20N2O3S. The van der Waals surface area contributed by atoms with Gasteiger partial charge >= 0.3 is 0 Å². The summed E-state index contributed by atoms with van der Waals surface area (Å²) in [6, 6.07) is 5.27. The van der Waals surface area contributed by atoms with Crippen molar-refractivity contribution in [1.82, 2.24) is 9.21 Å². The van der Waals surface area contributed by atoms with E-state index in [1.165, 1.54) is 17.5 Å². The molecular weight excluding hydrogens is 276 g/mol. The van der Waals surface area contributed by atoms with Crippen molar-refractivity contribution in [3.05, 3.63) is 29.3 Å². The molecule has 1 aromatic rings. The quantitative estimate of drug-likeness (QED) is 0.829. The number of hydrogen-bond donors (Lipinski definition) is 0. The third kappa shape index (κ3) is 2.86. The first-order chi connectivity index (χ1) is 9.32. The first kappa shape index (κ1) is 15.0. The third-order valence-corrected chi connectivity index (χ3v) is 5.43. The molecule has 0 fully saturated rings. The molecule has 0 heterocycles. The SMILES string of the molecule is CN(C)C(=O)CN(C)S(=O)(=O)c1ccc2c(c1)CCC2. The fourth-order valence-corrected chi connectivity index (χ4v) is 3.48. The lowest BCUT2D eigenvalue weighted by molar-refractivity contribution is -0.128. The summed E-state index contributed by atoms with van der Waals surface area (Å²) in [7, 11) is 1.05. The van der Waals surface area contributed by atoms with Gasteiger partial charge in [-0.1, -0.05) is 6.07 Å². The van der Waals surface area contributed by atoms with Gasteiger partial charge in [-0.3, -0.25) is 4.79 Å². The van der Waals surface area contributed by atoms with Gasteiger partial charge in [-0.25, -0.2) is 8.42 Å². The Balaban J connectivity index is 2.24. The highest BCUT2D eigenvalue weighted by molar-refractivity contribution is 7.89. The molecule has 0 spiro atoms. The number of amides is 1. The minimum absolute atomic E-state index is 0.146. The molecule has 0 saturated heterocycles. The maximum Gasteiger partial charge on any atom is 0.243 e. The van der Waals surface area contributed by atoms with Crippen molar-refractivity contribution in [3.63, 3.8) is 0 Å². The van der Waals surface area contributed by atoms with Crippen LogP contribution in [0.5, 0.6) is 0 Å². The molecule has 0 aromatic heterocycles. The summed E-state index contributed by atoms with van der Waals surface area (Å²) in [5.41, 5.74) is 2.34. The Bertz CT molecular complexity index is 623. The first-order valence-electron chi connectivity index (χ1n) is 6.60. The van der Waals surface area contributed by atoms with Gasteiger partial charge in [0, 0.05) is 21.1 Å². The molecule has 5 nitrogen and oxygen atoms in total. The molecule has 1 amide bonds. The molecule has 20 heavy (non-hydrogen) atoms. The molecule has 0 aliphatic heterocycles. The molecule has 0 N–H and O–H groups in total. The van der Waals surface area contributed by atoms with Crippen LogP contribution in [0.3, 0.4) is 0 Å². The number of rotatable bonds is 4. The van der Waals surface area contributed by atoms with Gasteiger partial charge in [0.15, 0.2) is 0 Å².